The lowest BCUT2D eigenvalue weighted by molar-refractivity contribution is -0.122. The summed E-state index contributed by atoms with van der Waals surface area (Å²) >= 11 is 0. The van der Waals surface area contributed by atoms with Crippen LogP contribution < -0.4 is 30.4 Å². The van der Waals surface area contributed by atoms with Gasteiger partial charge in [0, 0.05) is 18.1 Å². The second-order valence-corrected chi connectivity index (χ2v) is 4.76. The average Bonchev–Trinajstić information content (AvgIpc) is 3.36. The van der Waals surface area contributed by atoms with Crippen LogP contribution in [-0.2, 0) is 4.79 Å². The van der Waals surface area contributed by atoms with E-state index in [1.807, 2.05) is 0 Å². The van der Waals surface area contributed by atoms with Crippen molar-refractivity contribution in [2.75, 3.05) is 26.6 Å². The van der Waals surface area contributed by atoms with E-state index in [4.69, 9.17) is 14.2 Å². The molecule has 8 nitrogen and oxygen atoms in total. The number of nitrogens with one attached hydrogen (secondary N) is 3. The maximum Gasteiger partial charge on any atom is 0.337 e. The lowest BCUT2D eigenvalue weighted by Gasteiger charge is -2.15. The molecule has 0 unspecified atom stereocenters. The fourth-order valence-electron chi connectivity index (χ4n) is 1.88. The maximum absolute atomic E-state index is 11.8. The lowest BCUT2D eigenvalue weighted by atomic mass is 10.2. The van der Waals surface area contributed by atoms with Gasteiger partial charge in [0.05, 0.1) is 27.0 Å². The summed E-state index contributed by atoms with van der Waals surface area (Å²) in [6.07, 6.45) is 1.73. The summed E-state index contributed by atoms with van der Waals surface area (Å²) in [7, 11) is 4.46. The van der Waals surface area contributed by atoms with E-state index in [-0.39, 0.29) is 11.8 Å². The number of ether oxygens (including phenoxy) is 3. The number of hydrogen-bond acceptors (Lipinski definition) is 5. The molecule has 120 valence electrons. The molecule has 1 aliphatic rings. The molecule has 1 fully saturated rings. The molecule has 3 N–H and O–H groups in total. The van der Waals surface area contributed by atoms with Gasteiger partial charge in [-0.15, -0.1) is 0 Å². The third-order valence-corrected chi connectivity index (χ3v) is 3.17. The van der Waals surface area contributed by atoms with Crippen molar-refractivity contribution in [3.8, 4) is 17.2 Å². The molecule has 2 rings (SSSR count). The Labute approximate surface area is 128 Å². The van der Waals surface area contributed by atoms with Gasteiger partial charge in [-0.3, -0.25) is 10.2 Å². The largest absolute Gasteiger partial charge is 0.493 e. The van der Waals surface area contributed by atoms with Crippen LogP contribution in [0.15, 0.2) is 12.1 Å². The van der Waals surface area contributed by atoms with E-state index >= 15 is 0 Å². The van der Waals surface area contributed by atoms with Crippen molar-refractivity contribution in [3.63, 3.8) is 0 Å². The van der Waals surface area contributed by atoms with Crippen molar-refractivity contribution in [3.05, 3.63) is 12.1 Å². The van der Waals surface area contributed by atoms with E-state index < -0.39 is 6.03 Å². The molecule has 1 aliphatic carbocycles. The van der Waals surface area contributed by atoms with Crippen molar-refractivity contribution in [1.82, 2.24) is 10.9 Å². The monoisotopic (exact) mass is 309 g/mol. The molecule has 0 heterocycles. The Morgan fingerprint density at radius 3 is 2.05 bits per heavy atom. The second-order valence-electron chi connectivity index (χ2n) is 4.76. The van der Waals surface area contributed by atoms with Crippen molar-refractivity contribution in [1.29, 1.82) is 0 Å². The van der Waals surface area contributed by atoms with Gasteiger partial charge in [-0.25, -0.2) is 10.2 Å². The summed E-state index contributed by atoms with van der Waals surface area (Å²) in [4.78, 5) is 23.2. The van der Waals surface area contributed by atoms with E-state index in [1.165, 1.54) is 21.3 Å². The molecule has 0 spiro atoms. The standard InChI is InChI=1S/C14H19N3O5/c1-20-10-6-9(7-11(21-2)12(10)22-3)15-14(19)17-16-13(18)8-4-5-8/h6-8H,4-5H2,1-3H3,(H,16,18)(H2,15,17,19). The Morgan fingerprint density at radius 2 is 1.59 bits per heavy atom. The zero-order valence-electron chi connectivity index (χ0n) is 12.7. The first-order chi connectivity index (χ1) is 10.6. The molecule has 8 heteroatoms. The number of urea groups is 1. The molecule has 22 heavy (non-hydrogen) atoms. The van der Waals surface area contributed by atoms with Crippen LogP contribution in [0.4, 0.5) is 10.5 Å². The van der Waals surface area contributed by atoms with Crippen LogP contribution in [0.5, 0.6) is 17.2 Å². The lowest BCUT2D eigenvalue weighted by Crippen LogP contribution is -2.44. The summed E-state index contributed by atoms with van der Waals surface area (Å²) in [5, 5.41) is 2.58. The Morgan fingerprint density at radius 1 is 1.00 bits per heavy atom. The summed E-state index contributed by atoms with van der Waals surface area (Å²) in [6.45, 7) is 0. The third kappa shape index (κ3) is 3.72. The summed E-state index contributed by atoms with van der Waals surface area (Å²) in [5.41, 5.74) is 5.09. The molecule has 0 aliphatic heterocycles. The van der Waals surface area contributed by atoms with Crippen molar-refractivity contribution in [2.45, 2.75) is 12.8 Å². The topological polar surface area (TPSA) is 97.9 Å². The molecule has 3 amide bonds. The summed E-state index contributed by atoms with van der Waals surface area (Å²) in [6, 6.07) is 2.61. The van der Waals surface area contributed by atoms with Crippen LogP contribution in [0.3, 0.4) is 0 Å². The molecular weight excluding hydrogens is 290 g/mol. The number of methoxy groups -OCH3 is 3. The van der Waals surface area contributed by atoms with Crippen LogP contribution in [0, 0.1) is 5.92 Å². The van der Waals surface area contributed by atoms with E-state index in [0.717, 1.165) is 12.8 Å². The fourth-order valence-corrected chi connectivity index (χ4v) is 1.88. The van der Waals surface area contributed by atoms with Gasteiger partial charge in [0.15, 0.2) is 11.5 Å². The van der Waals surface area contributed by atoms with Crippen LogP contribution in [0.1, 0.15) is 12.8 Å². The van der Waals surface area contributed by atoms with E-state index in [9.17, 15) is 9.59 Å². The fraction of sp³-hybridized carbons (Fsp3) is 0.429. The van der Waals surface area contributed by atoms with Crippen LogP contribution in [-0.4, -0.2) is 33.3 Å². The number of benzene rings is 1. The highest BCUT2D eigenvalue weighted by Crippen LogP contribution is 2.39. The first-order valence-corrected chi connectivity index (χ1v) is 6.76. The maximum atomic E-state index is 11.8. The van der Waals surface area contributed by atoms with Gasteiger partial charge in [-0.2, -0.15) is 0 Å². The number of hydrazine groups is 1. The first-order valence-electron chi connectivity index (χ1n) is 6.76. The van der Waals surface area contributed by atoms with Crippen molar-refractivity contribution < 1.29 is 23.8 Å². The highest BCUT2D eigenvalue weighted by atomic mass is 16.5. The molecule has 1 aromatic carbocycles. The highest BCUT2D eigenvalue weighted by Gasteiger charge is 2.29. The van der Waals surface area contributed by atoms with Crippen molar-refractivity contribution >= 4 is 17.6 Å². The van der Waals surface area contributed by atoms with E-state index in [1.54, 1.807) is 12.1 Å². The van der Waals surface area contributed by atoms with Gasteiger partial charge in [0.1, 0.15) is 0 Å². The summed E-state index contributed by atoms with van der Waals surface area (Å²) < 4.78 is 15.6. The van der Waals surface area contributed by atoms with E-state index in [0.29, 0.717) is 22.9 Å². The quantitative estimate of drug-likeness (QED) is 0.712. The number of rotatable bonds is 5. The average molecular weight is 309 g/mol. The van der Waals surface area contributed by atoms with Crippen LogP contribution in [0.25, 0.3) is 0 Å². The SMILES string of the molecule is COc1cc(NC(=O)NNC(=O)C2CC2)cc(OC)c1OC. The van der Waals surface area contributed by atoms with Gasteiger partial charge in [-0.1, -0.05) is 0 Å². The zero-order chi connectivity index (χ0) is 16.1. The Bertz CT molecular complexity index is 547. The van der Waals surface area contributed by atoms with Crippen LogP contribution >= 0.6 is 0 Å². The van der Waals surface area contributed by atoms with Gasteiger partial charge in [0.2, 0.25) is 11.7 Å². The first kappa shape index (κ1) is 15.7. The minimum absolute atomic E-state index is 0.0153. The number of amides is 3. The molecule has 1 aromatic rings. The smallest absolute Gasteiger partial charge is 0.337 e. The third-order valence-electron chi connectivity index (χ3n) is 3.17. The normalized spacial score (nSPS) is 13.0. The Kier molecular flexibility index (Phi) is 4.92. The molecule has 0 atom stereocenters. The molecule has 0 radical (unpaired) electrons. The van der Waals surface area contributed by atoms with Gasteiger partial charge in [-0.05, 0) is 12.8 Å². The molecule has 0 aromatic heterocycles. The molecule has 1 saturated carbocycles. The van der Waals surface area contributed by atoms with Gasteiger partial charge in [0.25, 0.3) is 0 Å². The zero-order valence-corrected chi connectivity index (χ0v) is 12.7. The predicted molar refractivity (Wildman–Crippen MR) is 79.1 cm³/mol. The number of anilines is 1. The highest BCUT2D eigenvalue weighted by molar-refractivity contribution is 5.92. The van der Waals surface area contributed by atoms with Crippen LogP contribution in [0.2, 0.25) is 0 Å². The molecule has 0 bridgehead atoms. The minimum Gasteiger partial charge on any atom is -0.493 e. The minimum atomic E-state index is -0.566. The second kappa shape index (κ2) is 6.88. The van der Waals surface area contributed by atoms with E-state index in [2.05, 4.69) is 16.2 Å². The Hall–Kier alpha value is -2.64. The number of carbonyl (C=O) groups excluding carboxylic acids is 2. The van der Waals surface area contributed by atoms with Gasteiger partial charge >= 0.3 is 6.03 Å². The predicted octanol–water partition coefficient (Wildman–Crippen LogP) is 1.28. The number of carbonyl (C=O) groups is 2. The van der Waals surface area contributed by atoms with Crippen molar-refractivity contribution in [2.24, 2.45) is 5.92 Å². The van der Waals surface area contributed by atoms with Gasteiger partial charge < -0.3 is 19.5 Å². The Balaban J connectivity index is 2.01. The number of hydrogen-bond donors (Lipinski definition) is 3. The molecule has 0 saturated heterocycles. The summed E-state index contributed by atoms with van der Waals surface area (Å²) in [5.74, 6) is 1.10. The molecular formula is C14H19N3O5.